The van der Waals surface area contributed by atoms with Crippen molar-refractivity contribution in [2.75, 3.05) is 0 Å². The summed E-state index contributed by atoms with van der Waals surface area (Å²) in [6.07, 6.45) is 0.934. The van der Waals surface area contributed by atoms with E-state index in [-0.39, 0.29) is 57.0 Å². The van der Waals surface area contributed by atoms with Crippen molar-refractivity contribution < 1.29 is 9.90 Å². The molecule has 17 heavy (non-hydrogen) atoms. The van der Waals surface area contributed by atoms with Gasteiger partial charge in [0, 0.05) is 6.08 Å². The van der Waals surface area contributed by atoms with Gasteiger partial charge in [0.1, 0.15) is 6.07 Å². The number of aliphatic carboxylic acids is 1. The van der Waals surface area contributed by atoms with Crippen molar-refractivity contribution in [3.05, 3.63) is 40.5 Å². The average Bonchev–Trinajstić information content (AvgIpc) is 2.21. The van der Waals surface area contributed by atoms with Gasteiger partial charge in [-0.2, -0.15) is 5.26 Å². The summed E-state index contributed by atoms with van der Waals surface area (Å²) in [7, 11) is 0. The Balaban J connectivity index is 0.00000256. The number of nitriles is 1. The molecule has 1 N–H and O–H groups in total. The van der Waals surface area contributed by atoms with Crippen LogP contribution in [0.1, 0.15) is 22.3 Å². The van der Waals surface area contributed by atoms with E-state index in [1.165, 1.54) is 0 Å². The Bertz CT molecular complexity index is 490. The van der Waals surface area contributed by atoms with Crippen molar-refractivity contribution >= 4 is 62.9 Å². The van der Waals surface area contributed by atoms with E-state index in [4.69, 9.17) is 10.4 Å². The molecular weight excluding hydrogens is 241 g/mol. The maximum absolute atomic E-state index is 10.6. The number of nitrogens with zero attached hydrogens (tertiary/aromatic N) is 1. The average molecular weight is 255 g/mol. The van der Waals surface area contributed by atoms with Crippen molar-refractivity contribution in [3.8, 4) is 6.07 Å². The zero-order chi connectivity index (χ0) is 12.3. The van der Waals surface area contributed by atoms with E-state index in [1.54, 1.807) is 0 Å². The number of hydrogen-bond acceptors (Lipinski definition) is 2. The van der Waals surface area contributed by atoms with Gasteiger partial charge in [0.05, 0.1) is 5.57 Å². The summed E-state index contributed by atoms with van der Waals surface area (Å²) in [4.78, 5) is 10.6. The Labute approximate surface area is 144 Å². The van der Waals surface area contributed by atoms with Crippen LogP contribution in [-0.4, -0.2) is 62.5 Å². The summed E-state index contributed by atoms with van der Waals surface area (Å²) < 4.78 is 0. The molecule has 0 aromatic heterocycles. The van der Waals surface area contributed by atoms with Crippen molar-refractivity contribution in [1.82, 2.24) is 0 Å². The Morgan fingerprint density at radius 3 is 2.12 bits per heavy atom. The van der Waals surface area contributed by atoms with E-state index in [2.05, 4.69) is 0 Å². The number of carboxylic acid groups (broad SMARTS) is 1. The zero-order valence-electron chi connectivity index (χ0n) is 9.53. The predicted molar refractivity (Wildman–Crippen MR) is 69.0 cm³/mol. The van der Waals surface area contributed by atoms with E-state index in [0.717, 1.165) is 22.8 Å². The molecule has 0 saturated heterocycles. The van der Waals surface area contributed by atoms with Crippen LogP contribution in [0.2, 0.25) is 0 Å². The number of carboxylic acids is 1. The van der Waals surface area contributed by atoms with Crippen LogP contribution in [0.25, 0.3) is 5.57 Å². The van der Waals surface area contributed by atoms with Gasteiger partial charge in [0.25, 0.3) is 0 Å². The summed E-state index contributed by atoms with van der Waals surface area (Å²) in [5.41, 5.74) is 4.11. The van der Waals surface area contributed by atoms with Crippen molar-refractivity contribution in [2.45, 2.75) is 20.8 Å². The summed E-state index contributed by atoms with van der Waals surface area (Å²) in [6, 6.07) is 5.57. The quantitative estimate of drug-likeness (QED) is 0.499. The van der Waals surface area contributed by atoms with Crippen LogP contribution in [-0.2, 0) is 4.79 Å². The van der Waals surface area contributed by atoms with Gasteiger partial charge in [-0.05, 0) is 43.0 Å². The maximum atomic E-state index is 10.6. The molecule has 3 nitrogen and oxygen atoms in total. The van der Waals surface area contributed by atoms with Crippen molar-refractivity contribution in [1.29, 1.82) is 5.26 Å². The van der Waals surface area contributed by atoms with Gasteiger partial charge in [0.2, 0.25) is 0 Å². The number of carbonyl (C=O) groups is 1. The molecule has 0 saturated carbocycles. The molecule has 0 atom stereocenters. The Hall–Kier alpha value is -0.444. The van der Waals surface area contributed by atoms with Gasteiger partial charge in [-0.3, -0.25) is 0 Å². The first-order valence-corrected chi connectivity index (χ1v) is 4.88. The molecule has 0 heterocycles. The molecule has 0 aliphatic rings. The fourth-order valence-corrected chi connectivity index (χ4v) is 1.49. The van der Waals surface area contributed by atoms with Gasteiger partial charge in [0.15, 0.2) is 0 Å². The first kappa shape index (κ1) is 16.6. The molecule has 0 unspecified atom stereocenters. The normalized spacial score (nSPS) is 10.4. The standard InChI is InChI=1S/C13H13NO2.K.H/c1-8-4-11(5-9(2)10(8)3)12(7-14)6-13(15)16;;/h4-6H,1-3H3,(H,15,16);;/b12-6+;;. The molecule has 1 aromatic rings. The summed E-state index contributed by atoms with van der Waals surface area (Å²) in [6.45, 7) is 5.89. The number of hydrogen-bond donors (Lipinski definition) is 1. The molecule has 4 heteroatoms. The predicted octanol–water partition coefficient (Wildman–Crippen LogP) is 1.95. The summed E-state index contributed by atoms with van der Waals surface area (Å²) in [5, 5.41) is 17.5. The zero-order valence-corrected chi connectivity index (χ0v) is 9.53. The Morgan fingerprint density at radius 2 is 1.76 bits per heavy atom. The third kappa shape index (κ3) is 4.38. The summed E-state index contributed by atoms with van der Waals surface area (Å²) >= 11 is 0. The second-order valence-electron chi connectivity index (χ2n) is 3.74. The van der Waals surface area contributed by atoms with Gasteiger partial charge in [-0.25, -0.2) is 4.79 Å². The van der Waals surface area contributed by atoms with E-state index in [1.807, 2.05) is 39.0 Å². The fourth-order valence-electron chi connectivity index (χ4n) is 1.49. The number of rotatable bonds is 2. The van der Waals surface area contributed by atoms with Crippen LogP contribution in [0.5, 0.6) is 0 Å². The molecule has 0 bridgehead atoms. The fraction of sp³-hybridized carbons (Fsp3) is 0.231. The van der Waals surface area contributed by atoms with Crippen molar-refractivity contribution in [2.24, 2.45) is 0 Å². The Morgan fingerprint density at radius 1 is 1.29 bits per heavy atom. The topological polar surface area (TPSA) is 61.1 Å². The van der Waals surface area contributed by atoms with Crippen LogP contribution in [0, 0.1) is 32.1 Å². The SMILES string of the molecule is Cc1cc(/C(C#N)=C/C(=O)O)cc(C)c1C.[KH]. The van der Waals surface area contributed by atoms with Crippen LogP contribution in [0.15, 0.2) is 18.2 Å². The summed E-state index contributed by atoms with van der Waals surface area (Å²) in [5.74, 6) is -1.10. The minimum atomic E-state index is -1.10. The Kier molecular flexibility index (Phi) is 6.91. The monoisotopic (exact) mass is 255 g/mol. The molecule has 0 aliphatic carbocycles. The number of allylic oxidation sites excluding steroid dienone is 1. The molecule has 0 radical (unpaired) electrons. The molecule has 0 spiro atoms. The van der Waals surface area contributed by atoms with Crippen LogP contribution in [0.3, 0.4) is 0 Å². The molecule has 1 aromatic carbocycles. The number of aryl methyl sites for hydroxylation is 2. The molecule has 0 fully saturated rings. The van der Waals surface area contributed by atoms with Gasteiger partial charge < -0.3 is 5.11 Å². The van der Waals surface area contributed by atoms with Gasteiger partial charge in [-0.15, -0.1) is 0 Å². The molecular formula is C13H14KNO2. The third-order valence-corrected chi connectivity index (χ3v) is 2.63. The first-order valence-electron chi connectivity index (χ1n) is 4.88. The molecule has 0 amide bonds. The van der Waals surface area contributed by atoms with Crippen molar-refractivity contribution in [3.63, 3.8) is 0 Å². The second kappa shape index (κ2) is 7.09. The van der Waals surface area contributed by atoms with E-state index >= 15 is 0 Å². The molecule has 84 valence electrons. The third-order valence-electron chi connectivity index (χ3n) is 2.63. The first-order chi connectivity index (χ1) is 7.45. The minimum absolute atomic E-state index is 0. The van der Waals surface area contributed by atoms with Gasteiger partial charge in [-0.1, -0.05) is 12.1 Å². The van der Waals surface area contributed by atoms with E-state index in [9.17, 15) is 4.79 Å². The molecule has 0 aliphatic heterocycles. The molecule has 1 rings (SSSR count). The van der Waals surface area contributed by atoms with Crippen LogP contribution >= 0.6 is 0 Å². The second-order valence-corrected chi connectivity index (χ2v) is 3.74. The van der Waals surface area contributed by atoms with E-state index < -0.39 is 5.97 Å². The van der Waals surface area contributed by atoms with Crippen LogP contribution < -0.4 is 0 Å². The van der Waals surface area contributed by atoms with E-state index in [0.29, 0.717) is 5.56 Å². The van der Waals surface area contributed by atoms with Gasteiger partial charge >= 0.3 is 57.4 Å². The number of benzene rings is 1. The van der Waals surface area contributed by atoms with Crippen LogP contribution in [0.4, 0.5) is 0 Å².